The number of rotatable bonds is 9. The molecule has 37 heavy (non-hydrogen) atoms. The fourth-order valence-electron chi connectivity index (χ4n) is 4.94. The third-order valence-electron chi connectivity index (χ3n) is 6.69. The molecule has 2 aromatic heterocycles. The maximum atomic E-state index is 14.2. The number of aryl methyl sites for hydroxylation is 2. The number of halogens is 2. The summed E-state index contributed by atoms with van der Waals surface area (Å²) >= 11 is 1.68. The first-order valence-corrected chi connectivity index (χ1v) is 13.4. The molecule has 0 bridgehead atoms. The van der Waals surface area contributed by atoms with Gasteiger partial charge in [0.15, 0.2) is 0 Å². The predicted molar refractivity (Wildman–Crippen MR) is 142 cm³/mol. The molecule has 3 heterocycles. The monoisotopic (exact) mass is 526 g/mol. The number of benzene rings is 2. The lowest BCUT2D eigenvalue weighted by atomic mass is 9.92. The molecule has 7 nitrogen and oxygen atoms in total. The van der Waals surface area contributed by atoms with Crippen molar-refractivity contribution in [2.45, 2.75) is 26.0 Å². The third kappa shape index (κ3) is 4.95. The number of carboxylic acid groups (broad SMARTS) is 1. The zero-order valence-electron chi connectivity index (χ0n) is 20.7. The average molecular weight is 527 g/mol. The molecule has 194 valence electrons. The van der Waals surface area contributed by atoms with Crippen LogP contribution < -0.4 is 4.90 Å². The van der Waals surface area contributed by atoms with Crippen molar-refractivity contribution in [1.82, 2.24) is 14.3 Å². The van der Waals surface area contributed by atoms with E-state index in [2.05, 4.69) is 5.10 Å². The van der Waals surface area contributed by atoms with Gasteiger partial charge in [0.25, 0.3) is 6.43 Å². The van der Waals surface area contributed by atoms with E-state index in [1.165, 1.54) is 0 Å². The molecule has 0 amide bonds. The lowest BCUT2D eigenvalue weighted by Crippen LogP contribution is -2.25. The van der Waals surface area contributed by atoms with E-state index in [-0.39, 0.29) is 17.9 Å². The summed E-state index contributed by atoms with van der Waals surface area (Å²) in [6, 6.07) is 9.06. The van der Waals surface area contributed by atoms with E-state index in [9.17, 15) is 18.7 Å². The Labute approximate surface area is 217 Å². The van der Waals surface area contributed by atoms with Crippen LogP contribution in [0.3, 0.4) is 0 Å². The second-order valence-corrected chi connectivity index (χ2v) is 10.1. The van der Waals surface area contributed by atoms with Gasteiger partial charge in [-0.25, -0.2) is 13.6 Å². The summed E-state index contributed by atoms with van der Waals surface area (Å²) in [4.78, 5) is 14.0. The van der Waals surface area contributed by atoms with E-state index in [0.29, 0.717) is 29.7 Å². The molecular formula is C27H28F2N4O3S. The first-order chi connectivity index (χ1) is 17.9. The minimum absolute atomic E-state index is 0.0421. The topological polar surface area (TPSA) is 72.5 Å². The van der Waals surface area contributed by atoms with E-state index in [1.54, 1.807) is 52.7 Å². The maximum absolute atomic E-state index is 14.2. The second-order valence-electron chi connectivity index (χ2n) is 9.08. The van der Waals surface area contributed by atoms with Crippen molar-refractivity contribution in [2.24, 2.45) is 7.05 Å². The lowest BCUT2D eigenvalue weighted by molar-refractivity contribution is 0.0696. The summed E-state index contributed by atoms with van der Waals surface area (Å²) in [6.07, 6.45) is 5.91. The first-order valence-electron chi connectivity index (χ1n) is 12.0. The smallest absolute Gasteiger partial charge is 0.337 e. The van der Waals surface area contributed by atoms with Gasteiger partial charge in [-0.05, 0) is 60.6 Å². The van der Waals surface area contributed by atoms with E-state index >= 15 is 0 Å². The normalized spacial score (nSPS) is 13.5. The van der Waals surface area contributed by atoms with Crippen molar-refractivity contribution in [1.29, 1.82) is 0 Å². The highest BCUT2D eigenvalue weighted by Gasteiger charge is 2.25. The van der Waals surface area contributed by atoms with Crippen molar-refractivity contribution in [3.8, 4) is 11.1 Å². The van der Waals surface area contributed by atoms with Crippen LogP contribution in [0.5, 0.6) is 0 Å². The summed E-state index contributed by atoms with van der Waals surface area (Å²) < 4.78 is 37.5. The largest absolute Gasteiger partial charge is 0.478 e. The Kier molecular flexibility index (Phi) is 7.21. The number of ether oxygens (including phenoxy) is 1. The Morgan fingerprint density at radius 3 is 2.78 bits per heavy atom. The Balaban J connectivity index is 1.56. The number of carbonyl (C=O) groups is 1. The van der Waals surface area contributed by atoms with Gasteiger partial charge in [0.2, 0.25) is 0 Å². The molecule has 0 spiro atoms. The summed E-state index contributed by atoms with van der Waals surface area (Å²) in [6.45, 7) is 1.47. The zero-order chi connectivity index (χ0) is 26.1. The van der Waals surface area contributed by atoms with Gasteiger partial charge in [0.05, 0.1) is 23.9 Å². The number of alkyl halides is 2. The van der Waals surface area contributed by atoms with E-state index in [4.69, 9.17) is 4.74 Å². The molecule has 1 N–H and O–H groups in total. The number of hydrogen-bond donors (Lipinski definition) is 1. The van der Waals surface area contributed by atoms with Gasteiger partial charge < -0.3 is 19.3 Å². The molecule has 0 fully saturated rings. The van der Waals surface area contributed by atoms with Crippen molar-refractivity contribution < 1.29 is 23.4 Å². The summed E-state index contributed by atoms with van der Waals surface area (Å²) in [7, 11) is 1.76. The minimum Gasteiger partial charge on any atom is -0.478 e. The highest BCUT2D eigenvalue weighted by atomic mass is 32.2. The van der Waals surface area contributed by atoms with Gasteiger partial charge in [-0.3, -0.25) is 4.68 Å². The second kappa shape index (κ2) is 10.5. The lowest BCUT2D eigenvalue weighted by Gasteiger charge is -2.32. The summed E-state index contributed by atoms with van der Waals surface area (Å²) in [5.74, 6) is -0.169. The Hall–Kier alpha value is -3.37. The van der Waals surface area contributed by atoms with Crippen molar-refractivity contribution in [3.05, 3.63) is 65.6 Å². The predicted octanol–water partition coefficient (Wildman–Crippen LogP) is 6.10. The Morgan fingerprint density at radius 2 is 2.08 bits per heavy atom. The number of thioether (sulfide) groups is 1. The van der Waals surface area contributed by atoms with Crippen LogP contribution in [0, 0.1) is 0 Å². The molecule has 0 saturated carbocycles. The van der Waals surface area contributed by atoms with Crippen LogP contribution in [-0.4, -0.2) is 50.6 Å². The van der Waals surface area contributed by atoms with Crippen LogP contribution in [0.4, 0.5) is 20.2 Å². The third-order valence-corrected chi connectivity index (χ3v) is 7.26. The van der Waals surface area contributed by atoms with E-state index in [0.717, 1.165) is 41.0 Å². The Bertz CT molecular complexity index is 1450. The number of fused-ring (bicyclic) bond motifs is 2. The van der Waals surface area contributed by atoms with Gasteiger partial charge in [0.1, 0.15) is 6.73 Å². The van der Waals surface area contributed by atoms with Crippen LogP contribution in [0.15, 0.2) is 48.9 Å². The molecule has 2 aromatic carbocycles. The minimum atomic E-state index is -2.65. The molecule has 0 atom stereocenters. The van der Waals surface area contributed by atoms with Crippen LogP contribution in [0.25, 0.3) is 22.0 Å². The van der Waals surface area contributed by atoms with Gasteiger partial charge in [-0.1, -0.05) is 0 Å². The summed E-state index contributed by atoms with van der Waals surface area (Å²) in [5, 5.41) is 14.6. The van der Waals surface area contributed by atoms with Crippen molar-refractivity contribution in [2.75, 3.05) is 30.1 Å². The number of hydrogen-bond acceptors (Lipinski definition) is 5. The van der Waals surface area contributed by atoms with Gasteiger partial charge >= 0.3 is 5.97 Å². The maximum Gasteiger partial charge on any atom is 0.337 e. The first kappa shape index (κ1) is 25.3. The van der Waals surface area contributed by atoms with Crippen molar-refractivity contribution >= 4 is 40.0 Å². The molecule has 1 aliphatic heterocycles. The zero-order valence-corrected chi connectivity index (χ0v) is 21.5. The fraction of sp³-hybridized carbons (Fsp3) is 0.333. The highest BCUT2D eigenvalue weighted by Crippen LogP contribution is 2.42. The standard InChI is InChI=1S/C27H28F2N4O3S/c1-31-14-18(13-30-31)20-10-17-4-3-7-33(25(17)12-22(20)26(28)29)19-5-6-24-21(11-19)23(27(34)35)15-32(24)16-36-8-9-37-2/h5-6,10-15,26H,3-4,7-9,16H2,1-2H3,(H,34,35). The van der Waals surface area contributed by atoms with Crippen molar-refractivity contribution in [3.63, 3.8) is 0 Å². The number of anilines is 2. The molecule has 5 rings (SSSR count). The van der Waals surface area contributed by atoms with Crippen LogP contribution in [0.1, 0.15) is 34.3 Å². The number of carboxylic acids is 1. The highest BCUT2D eigenvalue weighted by molar-refractivity contribution is 7.98. The molecule has 4 aromatic rings. The SMILES string of the molecule is CSCCOCn1cc(C(=O)O)c2cc(N3CCCc4cc(-c5cnn(C)c5)c(C(F)F)cc43)ccc21. The molecule has 10 heteroatoms. The molecule has 0 aliphatic carbocycles. The van der Waals surface area contributed by atoms with Gasteiger partial charge in [0, 0.05) is 59.6 Å². The van der Waals surface area contributed by atoms with Crippen LogP contribution >= 0.6 is 11.8 Å². The molecule has 0 radical (unpaired) electrons. The molecule has 0 saturated heterocycles. The Morgan fingerprint density at radius 1 is 1.24 bits per heavy atom. The molecule has 1 aliphatic rings. The summed E-state index contributed by atoms with van der Waals surface area (Å²) in [5.41, 5.74) is 4.52. The van der Waals surface area contributed by atoms with E-state index in [1.807, 2.05) is 35.4 Å². The number of aromatic nitrogens is 3. The van der Waals surface area contributed by atoms with Crippen LogP contribution in [-0.2, 0) is 24.9 Å². The van der Waals surface area contributed by atoms with Gasteiger partial charge in [-0.15, -0.1) is 0 Å². The molecule has 0 unspecified atom stereocenters. The quantitative estimate of drug-likeness (QED) is 0.266. The number of aromatic carboxylic acids is 1. The number of nitrogens with zero attached hydrogens (tertiary/aromatic N) is 4. The molecular weight excluding hydrogens is 498 g/mol. The fourth-order valence-corrected chi connectivity index (χ4v) is 5.23. The average Bonchev–Trinajstić information content (AvgIpc) is 3.48. The van der Waals surface area contributed by atoms with Crippen LogP contribution in [0.2, 0.25) is 0 Å². The van der Waals surface area contributed by atoms with Gasteiger partial charge in [-0.2, -0.15) is 16.9 Å². The van der Waals surface area contributed by atoms with E-state index < -0.39 is 12.4 Å².